The molecule has 0 saturated heterocycles. The Morgan fingerprint density at radius 2 is 1.86 bits per heavy atom. The molecule has 2 N–H and O–H groups in total. The highest BCUT2D eigenvalue weighted by molar-refractivity contribution is 7.80. The van der Waals surface area contributed by atoms with Crippen molar-refractivity contribution < 1.29 is 10.2 Å². The van der Waals surface area contributed by atoms with E-state index in [4.69, 9.17) is 0 Å². The number of thiol groups is 2. The van der Waals surface area contributed by atoms with E-state index in [-0.39, 0.29) is 11.5 Å². The molecule has 7 heteroatoms. The van der Waals surface area contributed by atoms with E-state index in [1.54, 1.807) is 6.07 Å². The maximum atomic E-state index is 10.1. The smallest absolute Gasteiger partial charge is 0.145 e. The predicted molar refractivity (Wildman–Crippen MR) is 89.4 cm³/mol. The summed E-state index contributed by atoms with van der Waals surface area (Å²) in [4.78, 5) is 0.841. The lowest BCUT2D eigenvalue weighted by atomic mass is 10.1. The molecule has 0 aliphatic rings. The first-order chi connectivity index (χ1) is 10.5. The van der Waals surface area contributed by atoms with Crippen LogP contribution in [-0.2, 0) is 0 Å². The third kappa shape index (κ3) is 2.42. The molecule has 0 amide bonds. The van der Waals surface area contributed by atoms with E-state index in [1.807, 2.05) is 25.1 Å². The summed E-state index contributed by atoms with van der Waals surface area (Å²) in [6.07, 6.45) is 0. The fraction of sp³-hybridized carbons (Fsp3) is 0.0667. The van der Waals surface area contributed by atoms with Crippen LogP contribution in [0, 0.1) is 6.92 Å². The van der Waals surface area contributed by atoms with E-state index in [9.17, 15) is 10.2 Å². The summed E-state index contributed by atoms with van der Waals surface area (Å²) >= 11 is 8.80. The fourth-order valence-electron chi connectivity index (χ4n) is 2.25. The number of phenolic OH excluding ortho intramolecular Hbond substituents is 2. The van der Waals surface area contributed by atoms with Crippen molar-refractivity contribution in [1.29, 1.82) is 0 Å². The Morgan fingerprint density at radius 3 is 2.59 bits per heavy atom. The number of nitrogens with zero attached hydrogens (tertiary/aromatic N) is 3. The van der Waals surface area contributed by atoms with Crippen LogP contribution in [0.4, 0.5) is 0 Å². The summed E-state index contributed by atoms with van der Waals surface area (Å²) in [5.74, 6) is -0.123. The standard InChI is InChI=1S/C15H13N3O2S2/c1-8-10(3-2-4-13(8)21)14-15(22)16-17-18(14)11-6-5-9(19)7-12(11)20/h2-7,19-22H,1H3. The van der Waals surface area contributed by atoms with Gasteiger partial charge in [0.05, 0.1) is 0 Å². The Morgan fingerprint density at radius 1 is 1.09 bits per heavy atom. The highest BCUT2D eigenvalue weighted by Crippen LogP contribution is 2.35. The van der Waals surface area contributed by atoms with Gasteiger partial charge in [0.2, 0.25) is 0 Å². The lowest BCUT2D eigenvalue weighted by Gasteiger charge is -2.12. The lowest BCUT2D eigenvalue weighted by molar-refractivity contribution is 0.447. The van der Waals surface area contributed by atoms with Crippen LogP contribution in [0.3, 0.4) is 0 Å². The normalized spacial score (nSPS) is 10.9. The molecule has 0 radical (unpaired) electrons. The molecule has 0 spiro atoms. The summed E-state index contributed by atoms with van der Waals surface area (Å²) in [6.45, 7) is 1.94. The van der Waals surface area contributed by atoms with E-state index in [0.717, 1.165) is 16.0 Å². The molecule has 3 rings (SSSR count). The Kier molecular flexibility index (Phi) is 3.76. The zero-order chi connectivity index (χ0) is 15.9. The highest BCUT2D eigenvalue weighted by Gasteiger charge is 2.18. The van der Waals surface area contributed by atoms with Crippen molar-refractivity contribution in [3.05, 3.63) is 42.0 Å². The summed E-state index contributed by atoms with van der Waals surface area (Å²) in [5, 5.41) is 28.0. The first kappa shape index (κ1) is 14.8. The minimum absolute atomic E-state index is 0.0254. The first-order valence-electron chi connectivity index (χ1n) is 6.45. The van der Waals surface area contributed by atoms with Crippen LogP contribution in [0.15, 0.2) is 46.3 Å². The van der Waals surface area contributed by atoms with Gasteiger partial charge in [-0.25, -0.2) is 4.68 Å². The molecule has 0 aliphatic heterocycles. The van der Waals surface area contributed by atoms with Crippen molar-refractivity contribution in [3.8, 4) is 28.4 Å². The average molecular weight is 331 g/mol. The van der Waals surface area contributed by atoms with Crippen LogP contribution >= 0.6 is 25.3 Å². The average Bonchev–Trinajstić information content (AvgIpc) is 2.84. The van der Waals surface area contributed by atoms with Crippen molar-refractivity contribution in [1.82, 2.24) is 15.0 Å². The van der Waals surface area contributed by atoms with E-state index in [2.05, 4.69) is 35.6 Å². The van der Waals surface area contributed by atoms with Gasteiger partial charge in [-0.3, -0.25) is 0 Å². The number of hydrogen-bond donors (Lipinski definition) is 4. The second-order valence-electron chi connectivity index (χ2n) is 4.80. The van der Waals surface area contributed by atoms with Gasteiger partial charge >= 0.3 is 0 Å². The number of hydrogen-bond acceptors (Lipinski definition) is 6. The molecule has 3 aromatic rings. The molecule has 22 heavy (non-hydrogen) atoms. The molecule has 0 fully saturated rings. The molecular weight excluding hydrogens is 318 g/mol. The predicted octanol–water partition coefficient (Wildman–Crippen LogP) is 3.23. The Labute approximate surface area is 138 Å². The van der Waals surface area contributed by atoms with Gasteiger partial charge in [0.1, 0.15) is 27.9 Å². The number of phenols is 2. The van der Waals surface area contributed by atoms with Crippen molar-refractivity contribution in [3.63, 3.8) is 0 Å². The summed E-state index contributed by atoms with van der Waals surface area (Å²) in [6, 6.07) is 9.98. The third-order valence-electron chi connectivity index (χ3n) is 3.40. The Balaban J connectivity index is 2.26. The van der Waals surface area contributed by atoms with Gasteiger partial charge in [0, 0.05) is 16.5 Å². The van der Waals surface area contributed by atoms with Gasteiger partial charge in [-0.1, -0.05) is 17.3 Å². The lowest BCUT2D eigenvalue weighted by Crippen LogP contribution is -2.01. The van der Waals surface area contributed by atoms with E-state index in [1.165, 1.54) is 16.8 Å². The van der Waals surface area contributed by atoms with Gasteiger partial charge in [-0.05, 0) is 30.7 Å². The zero-order valence-electron chi connectivity index (χ0n) is 11.6. The number of rotatable bonds is 2. The van der Waals surface area contributed by atoms with Crippen molar-refractivity contribution in [2.75, 3.05) is 0 Å². The first-order valence-corrected chi connectivity index (χ1v) is 7.34. The third-order valence-corrected chi connectivity index (χ3v) is 4.19. The van der Waals surface area contributed by atoms with Crippen LogP contribution < -0.4 is 0 Å². The largest absolute Gasteiger partial charge is 0.508 e. The summed E-state index contributed by atoms with van der Waals surface area (Å²) in [7, 11) is 0. The molecule has 1 aromatic heterocycles. The number of aromatic hydroxyl groups is 2. The quantitative estimate of drug-likeness (QED) is 0.544. The van der Waals surface area contributed by atoms with Crippen LogP contribution in [-0.4, -0.2) is 25.2 Å². The van der Waals surface area contributed by atoms with Crippen molar-refractivity contribution >= 4 is 25.3 Å². The maximum Gasteiger partial charge on any atom is 0.145 e. The number of aromatic nitrogens is 3. The van der Waals surface area contributed by atoms with E-state index in [0.29, 0.717) is 16.4 Å². The van der Waals surface area contributed by atoms with Gasteiger partial charge in [0.25, 0.3) is 0 Å². The van der Waals surface area contributed by atoms with Crippen LogP contribution in [0.1, 0.15) is 5.56 Å². The topological polar surface area (TPSA) is 71.2 Å². The minimum Gasteiger partial charge on any atom is -0.508 e. The second kappa shape index (κ2) is 5.58. The van der Waals surface area contributed by atoms with Crippen molar-refractivity contribution in [2.24, 2.45) is 0 Å². The molecule has 0 unspecified atom stereocenters. The van der Waals surface area contributed by atoms with Gasteiger partial charge in [0.15, 0.2) is 0 Å². The monoisotopic (exact) mass is 331 g/mol. The van der Waals surface area contributed by atoms with Gasteiger partial charge < -0.3 is 10.2 Å². The molecule has 0 aliphatic carbocycles. The van der Waals surface area contributed by atoms with Crippen LogP contribution in [0.5, 0.6) is 11.5 Å². The highest BCUT2D eigenvalue weighted by atomic mass is 32.1. The van der Waals surface area contributed by atoms with E-state index < -0.39 is 0 Å². The fourth-order valence-corrected chi connectivity index (χ4v) is 2.71. The summed E-state index contributed by atoms with van der Waals surface area (Å²) < 4.78 is 1.49. The number of benzene rings is 2. The summed E-state index contributed by atoms with van der Waals surface area (Å²) in [5.41, 5.74) is 2.89. The Hall–Kier alpha value is -2.12. The molecule has 0 bridgehead atoms. The molecule has 1 heterocycles. The van der Waals surface area contributed by atoms with Gasteiger partial charge in [-0.15, -0.1) is 30.4 Å². The maximum absolute atomic E-state index is 10.1. The SMILES string of the molecule is Cc1c(S)cccc1-c1c(S)nnn1-c1ccc(O)cc1O. The van der Waals surface area contributed by atoms with Crippen LogP contribution in [0.2, 0.25) is 0 Å². The van der Waals surface area contributed by atoms with Crippen molar-refractivity contribution in [2.45, 2.75) is 16.8 Å². The van der Waals surface area contributed by atoms with Gasteiger partial charge in [-0.2, -0.15) is 0 Å². The zero-order valence-corrected chi connectivity index (χ0v) is 13.4. The molecule has 5 nitrogen and oxygen atoms in total. The second-order valence-corrected chi connectivity index (χ2v) is 5.70. The molecule has 0 atom stereocenters. The molecule has 2 aromatic carbocycles. The minimum atomic E-state index is -0.0980. The molecule has 112 valence electrons. The Bertz CT molecular complexity index is 862. The van der Waals surface area contributed by atoms with E-state index >= 15 is 0 Å². The van der Waals surface area contributed by atoms with Crippen LogP contribution in [0.25, 0.3) is 16.9 Å². The molecule has 0 saturated carbocycles. The molecular formula is C15H13N3O2S2.